The molecule has 3 aromatic rings. The van der Waals surface area contributed by atoms with Crippen LogP contribution in [-0.4, -0.2) is 31.0 Å². The van der Waals surface area contributed by atoms with Crippen LogP contribution in [0.1, 0.15) is 20.3 Å². The molecule has 3 rings (SSSR count). The standard InChI is InChI=1S/C14H17N7/c1-3-9(2)18-13-12(15)14(17-8-16-13)21-11-7-5-4-6-10(11)19-20-21/h4-9H,3,15H2,1-2H3,(H,16,17,18). The SMILES string of the molecule is CCC(C)Nc1ncnc(-n2nnc3ccccc32)c1N. The topological polar surface area (TPSA) is 94.5 Å². The summed E-state index contributed by atoms with van der Waals surface area (Å²) in [7, 11) is 0. The molecule has 0 aliphatic rings. The maximum Gasteiger partial charge on any atom is 0.184 e. The molecule has 0 amide bonds. The molecule has 7 heteroatoms. The lowest BCUT2D eigenvalue weighted by molar-refractivity contribution is 0.755. The number of anilines is 2. The Kier molecular flexibility index (Phi) is 3.39. The van der Waals surface area contributed by atoms with Crippen molar-refractivity contribution in [2.24, 2.45) is 0 Å². The van der Waals surface area contributed by atoms with Gasteiger partial charge in [0.1, 0.15) is 17.5 Å². The van der Waals surface area contributed by atoms with Gasteiger partial charge in [0.2, 0.25) is 0 Å². The minimum atomic E-state index is 0.280. The van der Waals surface area contributed by atoms with Gasteiger partial charge in [0.25, 0.3) is 0 Å². The molecule has 21 heavy (non-hydrogen) atoms. The van der Waals surface area contributed by atoms with Crippen LogP contribution in [0.5, 0.6) is 0 Å². The Bertz CT molecular complexity index is 765. The molecule has 7 nitrogen and oxygen atoms in total. The third kappa shape index (κ3) is 2.37. The number of nitrogens with one attached hydrogen (secondary N) is 1. The van der Waals surface area contributed by atoms with Crippen molar-refractivity contribution in [3.05, 3.63) is 30.6 Å². The third-order valence-corrected chi connectivity index (χ3v) is 3.41. The van der Waals surface area contributed by atoms with Gasteiger partial charge in [-0.05, 0) is 25.5 Å². The highest BCUT2D eigenvalue weighted by atomic mass is 15.4. The molecule has 0 aliphatic heterocycles. The van der Waals surface area contributed by atoms with E-state index in [0.29, 0.717) is 17.3 Å². The van der Waals surface area contributed by atoms with Gasteiger partial charge >= 0.3 is 0 Å². The summed E-state index contributed by atoms with van der Waals surface area (Å²) >= 11 is 0. The molecule has 0 aliphatic carbocycles. The first-order chi connectivity index (χ1) is 10.2. The Morgan fingerprint density at radius 2 is 2.10 bits per heavy atom. The molecule has 0 saturated carbocycles. The van der Waals surface area contributed by atoms with Crippen molar-refractivity contribution in [1.29, 1.82) is 0 Å². The number of nitrogen functional groups attached to an aromatic ring is 1. The van der Waals surface area contributed by atoms with E-state index in [4.69, 9.17) is 5.73 Å². The molecule has 0 saturated heterocycles. The lowest BCUT2D eigenvalue weighted by Gasteiger charge is -2.15. The van der Waals surface area contributed by atoms with Crippen molar-refractivity contribution in [3.8, 4) is 5.82 Å². The van der Waals surface area contributed by atoms with Crippen LogP contribution in [0.4, 0.5) is 11.5 Å². The van der Waals surface area contributed by atoms with Crippen molar-refractivity contribution in [1.82, 2.24) is 25.0 Å². The molecule has 1 aromatic carbocycles. The Balaban J connectivity index is 2.08. The van der Waals surface area contributed by atoms with E-state index in [9.17, 15) is 0 Å². The Morgan fingerprint density at radius 3 is 2.90 bits per heavy atom. The second-order valence-corrected chi connectivity index (χ2v) is 4.90. The highest BCUT2D eigenvalue weighted by Gasteiger charge is 2.14. The van der Waals surface area contributed by atoms with Crippen LogP contribution in [0.25, 0.3) is 16.9 Å². The number of fused-ring (bicyclic) bond motifs is 1. The second-order valence-electron chi connectivity index (χ2n) is 4.90. The molecule has 0 fully saturated rings. The number of rotatable bonds is 4. The molecule has 0 bridgehead atoms. The van der Waals surface area contributed by atoms with E-state index in [-0.39, 0.29) is 6.04 Å². The van der Waals surface area contributed by atoms with Crippen molar-refractivity contribution in [2.45, 2.75) is 26.3 Å². The lowest BCUT2D eigenvalue weighted by atomic mass is 10.2. The lowest BCUT2D eigenvalue weighted by Crippen LogP contribution is -2.17. The van der Waals surface area contributed by atoms with Gasteiger partial charge in [0, 0.05) is 6.04 Å². The minimum absolute atomic E-state index is 0.280. The summed E-state index contributed by atoms with van der Waals surface area (Å²) in [5, 5.41) is 11.5. The first kappa shape index (κ1) is 13.3. The number of para-hydroxylation sites is 1. The van der Waals surface area contributed by atoms with Crippen molar-refractivity contribution in [2.75, 3.05) is 11.1 Å². The average molecular weight is 283 g/mol. The third-order valence-electron chi connectivity index (χ3n) is 3.41. The fourth-order valence-electron chi connectivity index (χ4n) is 2.03. The van der Waals surface area contributed by atoms with Gasteiger partial charge in [-0.15, -0.1) is 5.10 Å². The molecule has 2 heterocycles. The van der Waals surface area contributed by atoms with Crippen LogP contribution in [0.3, 0.4) is 0 Å². The van der Waals surface area contributed by atoms with E-state index in [1.54, 1.807) is 4.68 Å². The summed E-state index contributed by atoms with van der Waals surface area (Å²) in [6.45, 7) is 4.17. The van der Waals surface area contributed by atoms with Crippen LogP contribution >= 0.6 is 0 Å². The molecule has 0 spiro atoms. The highest BCUT2D eigenvalue weighted by Crippen LogP contribution is 2.24. The summed E-state index contributed by atoms with van der Waals surface area (Å²) < 4.78 is 1.63. The molecule has 1 atom stereocenters. The molecular weight excluding hydrogens is 266 g/mol. The van der Waals surface area contributed by atoms with Crippen molar-refractivity contribution in [3.63, 3.8) is 0 Å². The highest BCUT2D eigenvalue weighted by molar-refractivity contribution is 5.78. The van der Waals surface area contributed by atoms with Crippen LogP contribution in [0.2, 0.25) is 0 Å². The van der Waals surface area contributed by atoms with Crippen molar-refractivity contribution >= 4 is 22.5 Å². The van der Waals surface area contributed by atoms with Gasteiger partial charge in [0.15, 0.2) is 11.6 Å². The average Bonchev–Trinajstić information content (AvgIpc) is 2.93. The van der Waals surface area contributed by atoms with E-state index in [1.807, 2.05) is 24.3 Å². The molecular formula is C14H17N7. The van der Waals surface area contributed by atoms with E-state index >= 15 is 0 Å². The van der Waals surface area contributed by atoms with Crippen LogP contribution in [0, 0.1) is 0 Å². The zero-order valence-electron chi connectivity index (χ0n) is 12.0. The largest absolute Gasteiger partial charge is 0.393 e. The number of hydrogen-bond acceptors (Lipinski definition) is 6. The van der Waals surface area contributed by atoms with E-state index in [0.717, 1.165) is 17.5 Å². The predicted octanol–water partition coefficient (Wildman–Crippen LogP) is 2.00. The number of benzene rings is 1. The monoisotopic (exact) mass is 283 g/mol. The predicted molar refractivity (Wildman–Crippen MR) is 82.2 cm³/mol. The normalized spacial score (nSPS) is 12.5. The number of aromatic nitrogens is 5. The van der Waals surface area contributed by atoms with Gasteiger partial charge in [-0.25, -0.2) is 9.97 Å². The zero-order valence-corrected chi connectivity index (χ0v) is 12.0. The summed E-state index contributed by atoms with van der Waals surface area (Å²) in [4.78, 5) is 8.46. The minimum Gasteiger partial charge on any atom is -0.393 e. The molecule has 108 valence electrons. The quantitative estimate of drug-likeness (QED) is 0.760. The van der Waals surface area contributed by atoms with Crippen LogP contribution in [-0.2, 0) is 0 Å². The van der Waals surface area contributed by atoms with Gasteiger partial charge in [0.05, 0.1) is 5.52 Å². The van der Waals surface area contributed by atoms with E-state index in [1.165, 1.54) is 6.33 Å². The first-order valence-electron chi connectivity index (χ1n) is 6.88. The summed E-state index contributed by atoms with van der Waals surface area (Å²) in [5.74, 6) is 1.15. The summed E-state index contributed by atoms with van der Waals surface area (Å²) in [6, 6.07) is 7.95. The Labute approximate surface area is 122 Å². The fraction of sp³-hybridized carbons (Fsp3) is 0.286. The number of nitrogens with two attached hydrogens (primary N) is 1. The molecule has 0 radical (unpaired) electrons. The van der Waals surface area contributed by atoms with Gasteiger partial charge in [-0.1, -0.05) is 24.3 Å². The smallest absolute Gasteiger partial charge is 0.184 e. The second kappa shape index (κ2) is 5.35. The zero-order chi connectivity index (χ0) is 14.8. The van der Waals surface area contributed by atoms with Gasteiger partial charge in [-0.2, -0.15) is 4.68 Å². The maximum atomic E-state index is 6.19. The Morgan fingerprint density at radius 1 is 1.29 bits per heavy atom. The maximum absolute atomic E-state index is 6.19. The van der Waals surface area contributed by atoms with Crippen LogP contribution < -0.4 is 11.1 Å². The first-order valence-corrected chi connectivity index (χ1v) is 6.88. The molecule has 3 N–H and O–H groups in total. The fourth-order valence-corrected chi connectivity index (χ4v) is 2.03. The van der Waals surface area contributed by atoms with Crippen molar-refractivity contribution < 1.29 is 0 Å². The summed E-state index contributed by atoms with van der Waals surface area (Å²) in [6.07, 6.45) is 2.46. The molecule has 1 unspecified atom stereocenters. The van der Waals surface area contributed by atoms with Gasteiger partial charge in [-0.3, -0.25) is 0 Å². The Hall–Kier alpha value is -2.70. The van der Waals surface area contributed by atoms with E-state index in [2.05, 4.69) is 39.4 Å². The van der Waals surface area contributed by atoms with Crippen LogP contribution in [0.15, 0.2) is 30.6 Å². The summed E-state index contributed by atoms with van der Waals surface area (Å²) in [5.41, 5.74) is 8.32. The molecule has 2 aromatic heterocycles. The number of hydrogen-bond donors (Lipinski definition) is 2. The van der Waals surface area contributed by atoms with Gasteiger partial charge < -0.3 is 11.1 Å². The number of nitrogens with zero attached hydrogens (tertiary/aromatic N) is 5. The van der Waals surface area contributed by atoms with E-state index < -0.39 is 0 Å².